The Morgan fingerprint density at radius 1 is 1.20 bits per heavy atom. The van der Waals surface area contributed by atoms with Crippen molar-refractivity contribution >= 4 is 29.1 Å². The van der Waals surface area contributed by atoms with E-state index in [4.69, 9.17) is 11.6 Å². The first-order chi connectivity index (χ1) is 11.9. The van der Waals surface area contributed by atoms with Crippen molar-refractivity contribution in [3.8, 4) is 0 Å². The van der Waals surface area contributed by atoms with Gasteiger partial charge in [-0.2, -0.15) is 0 Å². The van der Waals surface area contributed by atoms with E-state index in [1.165, 1.54) is 6.92 Å². The minimum absolute atomic E-state index is 0.121. The molecule has 132 valence electrons. The first kappa shape index (κ1) is 18.9. The Hall–Kier alpha value is -2.40. The lowest BCUT2D eigenvalue weighted by atomic mass is 10.1. The second-order valence-corrected chi connectivity index (χ2v) is 6.37. The lowest BCUT2D eigenvalue weighted by Gasteiger charge is -2.24. The average Bonchev–Trinajstić information content (AvgIpc) is 2.55. The van der Waals surface area contributed by atoms with Gasteiger partial charge in [0.15, 0.2) is 0 Å². The molecule has 1 N–H and O–H groups in total. The van der Waals surface area contributed by atoms with E-state index in [2.05, 4.69) is 10.3 Å². The van der Waals surface area contributed by atoms with Gasteiger partial charge >= 0.3 is 0 Å². The van der Waals surface area contributed by atoms with Crippen molar-refractivity contribution in [2.75, 3.05) is 11.4 Å². The van der Waals surface area contributed by atoms with E-state index in [9.17, 15) is 9.59 Å². The third-order valence-electron chi connectivity index (χ3n) is 3.85. The van der Waals surface area contributed by atoms with E-state index in [0.717, 1.165) is 16.7 Å². The zero-order chi connectivity index (χ0) is 18.4. The molecule has 0 saturated carbocycles. The summed E-state index contributed by atoms with van der Waals surface area (Å²) in [6.45, 7) is 6.05. The summed E-state index contributed by atoms with van der Waals surface area (Å²) in [5.41, 5.74) is 3.59. The van der Waals surface area contributed by atoms with E-state index in [1.54, 1.807) is 17.3 Å². The minimum atomic E-state index is -0.143. The minimum Gasteiger partial charge on any atom is -0.352 e. The number of anilines is 1. The van der Waals surface area contributed by atoms with E-state index in [-0.39, 0.29) is 24.8 Å². The molecule has 1 aromatic heterocycles. The molecule has 0 aliphatic carbocycles. The molecule has 2 aromatic rings. The van der Waals surface area contributed by atoms with Gasteiger partial charge in [0.25, 0.3) is 0 Å². The molecular formula is C19H22ClN3O2. The maximum Gasteiger partial charge on any atom is 0.223 e. The Kier molecular flexibility index (Phi) is 6.53. The van der Waals surface area contributed by atoms with Gasteiger partial charge in [0.05, 0.1) is 10.7 Å². The molecule has 0 atom stereocenters. The van der Waals surface area contributed by atoms with Crippen LogP contribution in [0.5, 0.6) is 0 Å². The molecular weight excluding hydrogens is 338 g/mol. The van der Waals surface area contributed by atoms with Crippen molar-refractivity contribution in [1.29, 1.82) is 0 Å². The summed E-state index contributed by atoms with van der Waals surface area (Å²) in [5, 5.41) is 3.36. The molecule has 1 aromatic carbocycles. The molecule has 2 amide bonds. The van der Waals surface area contributed by atoms with Gasteiger partial charge < -0.3 is 10.2 Å². The molecule has 0 unspecified atom stereocenters. The van der Waals surface area contributed by atoms with Crippen molar-refractivity contribution in [2.45, 2.75) is 33.7 Å². The monoisotopic (exact) mass is 359 g/mol. The Morgan fingerprint density at radius 2 is 1.88 bits per heavy atom. The standard InChI is InChI=1S/C19H22ClN3O2/c1-13-10-14(2)19(17(20)11-13)23(15(3)24)9-6-18(25)22-12-16-4-7-21-8-5-16/h4-5,7-8,10-11H,6,9,12H2,1-3H3,(H,22,25). The smallest absolute Gasteiger partial charge is 0.223 e. The maximum atomic E-state index is 12.1. The fourth-order valence-corrected chi connectivity index (χ4v) is 3.10. The van der Waals surface area contributed by atoms with Gasteiger partial charge in [-0.15, -0.1) is 0 Å². The number of amides is 2. The molecule has 5 nitrogen and oxygen atoms in total. The van der Waals surface area contributed by atoms with Crippen LogP contribution in [0.4, 0.5) is 5.69 Å². The van der Waals surface area contributed by atoms with Crippen molar-refractivity contribution in [3.05, 3.63) is 58.4 Å². The molecule has 0 aliphatic heterocycles. The fraction of sp³-hybridized carbons (Fsp3) is 0.316. The topological polar surface area (TPSA) is 62.3 Å². The van der Waals surface area contributed by atoms with Gasteiger partial charge in [-0.1, -0.05) is 17.7 Å². The number of pyridine rings is 1. The van der Waals surface area contributed by atoms with Gasteiger partial charge in [0.2, 0.25) is 11.8 Å². The number of carbonyl (C=O) groups is 2. The Labute approximate surface area is 153 Å². The Balaban J connectivity index is 2.01. The van der Waals surface area contributed by atoms with Crippen LogP contribution in [0, 0.1) is 13.8 Å². The number of aryl methyl sites for hydroxylation is 2. The third-order valence-corrected chi connectivity index (χ3v) is 4.14. The number of rotatable bonds is 6. The third kappa shape index (κ3) is 5.29. The summed E-state index contributed by atoms with van der Waals surface area (Å²) in [6.07, 6.45) is 3.57. The van der Waals surface area contributed by atoms with Crippen molar-refractivity contribution < 1.29 is 9.59 Å². The molecule has 0 radical (unpaired) electrons. The van der Waals surface area contributed by atoms with Crippen LogP contribution in [-0.4, -0.2) is 23.3 Å². The first-order valence-corrected chi connectivity index (χ1v) is 8.46. The van der Waals surface area contributed by atoms with Crippen LogP contribution >= 0.6 is 11.6 Å². The normalized spacial score (nSPS) is 10.4. The summed E-state index contributed by atoms with van der Waals surface area (Å²) in [7, 11) is 0. The summed E-state index contributed by atoms with van der Waals surface area (Å²) in [4.78, 5) is 29.7. The number of nitrogens with zero attached hydrogens (tertiary/aromatic N) is 2. The highest BCUT2D eigenvalue weighted by atomic mass is 35.5. The first-order valence-electron chi connectivity index (χ1n) is 8.09. The van der Waals surface area contributed by atoms with Crippen molar-refractivity contribution in [3.63, 3.8) is 0 Å². The molecule has 6 heteroatoms. The zero-order valence-electron chi connectivity index (χ0n) is 14.7. The van der Waals surface area contributed by atoms with Gasteiger partial charge in [-0.05, 0) is 48.7 Å². The van der Waals surface area contributed by atoms with Crippen LogP contribution in [0.15, 0.2) is 36.7 Å². The highest BCUT2D eigenvalue weighted by Gasteiger charge is 2.18. The zero-order valence-corrected chi connectivity index (χ0v) is 15.4. The van der Waals surface area contributed by atoms with Crippen LogP contribution < -0.4 is 10.2 Å². The summed E-state index contributed by atoms with van der Waals surface area (Å²) in [6, 6.07) is 7.49. The fourth-order valence-electron chi connectivity index (χ4n) is 2.68. The van der Waals surface area contributed by atoms with Crippen molar-refractivity contribution in [1.82, 2.24) is 10.3 Å². The van der Waals surface area contributed by atoms with Crippen LogP contribution in [0.2, 0.25) is 5.02 Å². The second-order valence-electron chi connectivity index (χ2n) is 5.97. The van der Waals surface area contributed by atoms with Crippen LogP contribution in [-0.2, 0) is 16.1 Å². The van der Waals surface area contributed by atoms with E-state index in [0.29, 0.717) is 17.3 Å². The summed E-state index contributed by atoms with van der Waals surface area (Å²) in [5.74, 6) is -0.264. The number of carbonyl (C=O) groups excluding carboxylic acids is 2. The Bertz CT molecular complexity index is 740. The van der Waals surface area contributed by atoms with Gasteiger partial charge in [-0.25, -0.2) is 0 Å². The van der Waals surface area contributed by atoms with Crippen LogP contribution in [0.1, 0.15) is 30.0 Å². The van der Waals surface area contributed by atoms with Crippen molar-refractivity contribution in [2.24, 2.45) is 0 Å². The lowest BCUT2D eigenvalue weighted by molar-refractivity contribution is -0.121. The number of halogens is 1. The Morgan fingerprint density at radius 3 is 2.48 bits per heavy atom. The molecule has 0 fully saturated rings. The number of aromatic nitrogens is 1. The quantitative estimate of drug-likeness (QED) is 0.859. The van der Waals surface area contributed by atoms with E-state index < -0.39 is 0 Å². The summed E-state index contributed by atoms with van der Waals surface area (Å²) < 4.78 is 0. The van der Waals surface area contributed by atoms with Gasteiger partial charge in [0.1, 0.15) is 0 Å². The molecule has 0 aliphatic rings. The maximum absolute atomic E-state index is 12.1. The van der Waals surface area contributed by atoms with Crippen LogP contribution in [0.3, 0.4) is 0 Å². The molecule has 1 heterocycles. The highest BCUT2D eigenvalue weighted by molar-refractivity contribution is 6.34. The number of benzene rings is 1. The number of nitrogens with one attached hydrogen (secondary N) is 1. The predicted molar refractivity (Wildman–Crippen MR) is 99.7 cm³/mol. The molecule has 0 spiro atoms. The molecule has 0 saturated heterocycles. The highest BCUT2D eigenvalue weighted by Crippen LogP contribution is 2.31. The molecule has 0 bridgehead atoms. The second kappa shape index (κ2) is 8.62. The SMILES string of the molecule is CC(=O)N(CCC(=O)NCc1ccncc1)c1c(C)cc(C)cc1Cl. The molecule has 2 rings (SSSR count). The van der Waals surface area contributed by atoms with E-state index >= 15 is 0 Å². The van der Waals surface area contributed by atoms with Gasteiger partial charge in [0, 0.05) is 38.8 Å². The van der Waals surface area contributed by atoms with Crippen LogP contribution in [0.25, 0.3) is 0 Å². The van der Waals surface area contributed by atoms with E-state index in [1.807, 2.05) is 38.1 Å². The average molecular weight is 360 g/mol. The lowest BCUT2D eigenvalue weighted by Crippen LogP contribution is -2.34. The number of hydrogen-bond acceptors (Lipinski definition) is 3. The molecule has 25 heavy (non-hydrogen) atoms. The number of hydrogen-bond donors (Lipinski definition) is 1. The predicted octanol–water partition coefficient (Wildman–Crippen LogP) is 3.41. The largest absolute Gasteiger partial charge is 0.352 e. The van der Waals surface area contributed by atoms with Gasteiger partial charge in [-0.3, -0.25) is 14.6 Å². The summed E-state index contributed by atoms with van der Waals surface area (Å²) >= 11 is 6.33.